The lowest BCUT2D eigenvalue weighted by molar-refractivity contribution is -0.117. The molecule has 2 rings (SSSR count). The highest BCUT2D eigenvalue weighted by Gasteiger charge is 2.19. The normalized spacial score (nSPS) is 11.9. The Labute approximate surface area is 149 Å². The van der Waals surface area contributed by atoms with Gasteiger partial charge in [-0.2, -0.15) is 0 Å². The third-order valence-corrected chi connectivity index (χ3v) is 3.99. The van der Waals surface area contributed by atoms with Crippen LogP contribution in [0.3, 0.4) is 0 Å². The van der Waals surface area contributed by atoms with Crippen LogP contribution in [0.5, 0.6) is 0 Å². The summed E-state index contributed by atoms with van der Waals surface area (Å²) >= 11 is 0. The van der Waals surface area contributed by atoms with Crippen LogP contribution in [0.4, 0.5) is 0 Å². The van der Waals surface area contributed by atoms with E-state index >= 15 is 0 Å². The molecule has 0 atom stereocenters. The lowest BCUT2D eigenvalue weighted by Crippen LogP contribution is -2.24. The van der Waals surface area contributed by atoms with Gasteiger partial charge in [-0.05, 0) is 25.2 Å². The van der Waals surface area contributed by atoms with Crippen molar-refractivity contribution in [2.24, 2.45) is 5.16 Å². The fourth-order valence-electron chi connectivity index (χ4n) is 2.16. The first-order valence-electron chi connectivity index (χ1n) is 8.25. The van der Waals surface area contributed by atoms with E-state index in [4.69, 9.17) is 4.53 Å². The quantitative estimate of drug-likeness (QED) is 0.231. The highest BCUT2D eigenvalue weighted by molar-refractivity contribution is 6.69. The number of hydrogen-bond donors (Lipinski definition) is 0. The molecule has 5 heteroatoms. The van der Waals surface area contributed by atoms with E-state index in [1.165, 1.54) is 0 Å². The molecule has 0 spiro atoms. The minimum atomic E-state index is -1.85. The summed E-state index contributed by atoms with van der Waals surface area (Å²) in [5.74, 6) is -0.347. The van der Waals surface area contributed by atoms with Gasteiger partial charge < -0.3 is 4.53 Å². The van der Waals surface area contributed by atoms with Crippen molar-refractivity contribution in [2.75, 3.05) is 0 Å². The molecule has 0 amide bonds. The lowest BCUT2D eigenvalue weighted by Gasteiger charge is -2.15. The lowest BCUT2D eigenvalue weighted by atomic mass is 10.00. The molecule has 0 unspecified atom stereocenters. The predicted octanol–water partition coefficient (Wildman–Crippen LogP) is 4.47. The first-order valence-corrected chi connectivity index (χ1v) is 11.7. The Hall–Kier alpha value is -2.53. The second-order valence-electron chi connectivity index (χ2n) is 6.79. The van der Waals surface area contributed by atoms with Crippen molar-refractivity contribution >= 4 is 25.6 Å². The Morgan fingerprint density at radius 2 is 1.36 bits per heavy atom. The van der Waals surface area contributed by atoms with E-state index in [1.54, 1.807) is 24.3 Å². The summed E-state index contributed by atoms with van der Waals surface area (Å²) < 4.78 is 5.63. The van der Waals surface area contributed by atoms with E-state index in [2.05, 4.69) is 5.16 Å². The van der Waals surface area contributed by atoms with Crippen molar-refractivity contribution < 1.29 is 14.1 Å². The van der Waals surface area contributed by atoms with Crippen molar-refractivity contribution in [1.29, 1.82) is 0 Å². The number of rotatable bonds is 8. The topological polar surface area (TPSA) is 55.7 Å². The molecule has 130 valence electrons. The summed E-state index contributed by atoms with van der Waals surface area (Å²) in [6.07, 6.45) is -0.0596. The van der Waals surface area contributed by atoms with Gasteiger partial charge in [0.15, 0.2) is 5.78 Å². The van der Waals surface area contributed by atoms with Gasteiger partial charge in [-0.1, -0.05) is 60.7 Å². The molecule has 2 aromatic carbocycles. The molecule has 0 radical (unpaired) electrons. The van der Waals surface area contributed by atoms with E-state index in [9.17, 15) is 9.59 Å². The van der Waals surface area contributed by atoms with E-state index in [0.717, 1.165) is 5.56 Å². The van der Waals surface area contributed by atoms with Crippen molar-refractivity contribution in [1.82, 2.24) is 0 Å². The second-order valence-corrected chi connectivity index (χ2v) is 11.2. The molecule has 0 saturated carbocycles. The average molecular weight is 353 g/mol. The van der Waals surface area contributed by atoms with Gasteiger partial charge in [0, 0.05) is 5.56 Å². The molecular formula is C20H23NO3Si. The Balaban J connectivity index is 2.11. The third kappa shape index (κ3) is 6.47. The van der Waals surface area contributed by atoms with Crippen LogP contribution in [0.15, 0.2) is 65.8 Å². The number of benzene rings is 2. The van der Waals surface area contributed by atoms with Gasteiger partial charge in [0.1, 0.15) is 5.78 Å². The maximum absolute atomic E-state index is 12.4. The van der Waals surface area contributed by atoms with Crippen LogP contribution in [0, 0.1) is 0 Å². The molecule has 0 fully saturated rings. The highest BCUT2D eigenvalue weighted by atomic mass is 28.4. The van der Waals surface area contributed by atoms with Crippen molar-refractivity contribution in [3.8, 4) is 0 Å². The van der Waals surface area contributed by atoms with Gasteiger partial charge in [-0.3, -0.25) is 9.59 Å². The van der Waals surface area contributed by atoms with Gasteiger partial charge in [0.25, 0.3) is 8.32 Å². The number of nitrogens with zero attached hydrogens (tertiary/aromatic N) is 1. The standard InChI is InChI=1S/C20H23NO3Si/c1-25(2,3)24-21-19(16-10-6-4-7-11-16)14-18(22)15-20(23)17-12-8-5-9-13-17/h4-13H,14-15H2,1-3H3. The molecule has 0 bridgehead atoms. The van der Waals surface area contributed by atoms with Gasteiger partial charge in [0.2, 0.25) is 0 Å². The van der Waals surface area contributed by atoms with Crippen LogP contribution in [0.1, 0.15) is 28.8 Å². The average Bonchev–Trinajstić information content (AvgIpc) is 2.59. The Morgan fingerprint density at radius 1 is 0.840 bits per heavy atom. The Kier molecular flexibility index (Phi) is 6.42. The molecular weight excluding hydrogens is 330 g/mol. The highest BCUT2D eigenvalue weighted by Crippen LogP contribution is 2.12. The Morgan fingerprint density at radius 3 is 1.88 bits per heavy atom. The smallest absolute Gasteiger partial charge is 0.278 e. The van der Waals surface area contributed by atoms with Crippen molar-refractivity contribution in [3.05, 3.63) is 71.8 Å². The molecule has 0 aliphatic carbocycles. The fraction of sp³-hybridized carbons (Fsp3) is 0.250. The molecule has 0 saturated heterocycles. The van der Waals surface area contributed by atoms with E-state index in [0.29, 0.717) is 11.3 Å². The zero-order valence-corrected chi connectivity index (χ0v) is 15.9. The summed E-state index contributed by atoms with van der Waals surface area (Å²) in [5.41, 5.74) is 1.95. The summed E-state index contributed by atoms with van der Waals surface area (Å²) in [6, 6.07) is 18.3. The second kappa shape index (κ2) is 8.53. The summed E-state index contributed by atoms with van der Waals surface area (Å²) in [7, 11) is -1.85. The van der Waals surface area contributed by atoms with Crippen LogP contribution >= 0.6 is 0 Å². The van der Waals surface area contributed by atoms with Crippen LogP contribution < -0.4 is 0 Å². The number of Topliss-reactive ketones (excluding diaryl/α,β-unsaturated/α-hetero) is 2. The van der Waals surface area contributed by atoms with Gasteiger partial charge in [-0.15, -0.1) is 5.16 Å². The maximum atomic E-state index is 12.4. The maximum Gasteiger partial charge on any atom is 0.278 e. The SMILES string of the molecule is C[Si](C)(C)ON=C(CC(=O)CC(=O)c1ccccc1)c1ccccc1. The molecule has 0 aliphatic heterocycles. The monoisotopic (exact) mass is 353 g/mol. The third-order valence-electron chi connectivity index (χ3n) is 3.35. The largest absolute Gasteiger partial charge is 0.455 e. The van der Waals surface area contributed by atoms with E-state index < -0.39 is 8.32 Å². The van der Waals surface area contributed by atoms with Gasteiger partial charge >= 0.3 is 0 Å². The minimum Gasteiger partial charge on any atom is -0.455 e. The molecule has 0 N–H and O–H groups in total. The summed E-state index contributed by atoms with van der Waals surface area (Å²) in [5, 5.41) is 4.23. The van der Waals surface area contributed by atoms with Crippen LogP contribution in [-0.4, -0.2) is 25.6 Å². The first kappa shape index (κ1) is 18.8. The van der Waals surface area contributed by atoms with Crippen molar-refractivity contribution in [2.45, 2.75) is 32.5 Å². The number of carbonyl (C=O) groups excluding carboxylic acids is 2. The minimum absolute atomic E-state index is 0.0765. The van der Waals surface area contributed by atoms with E-state index in [1.807, 2.05) is 56.0 Å². The molecule has 0 aliphatic rings. The number of hydrogen-bond acceptors (Lipinski definition) is 4. The molecule has 25 heavy (non-hydrogen) atoms. The molecule has 0 heterocycles. The first-order chi connectivity index (χ1) is 11.8. The van der Waals surface area contributed by atoms with Crippen molar-refractivity contribution in [3.63, 3.8) is 0 Å². The zero-order valence-electron chi connectivity index (χ0n) is 14.9. The molecule has 2 aromatic rings. The molecule has 0 aromatic heterocycles. The predicted molar refractivity (Wildman–Crippen MR) is 102 cm³/mol. The van der Waals surface area contributed by atoms with Crippen LogP contribution in [0.25, 0.3) is 0 Å². The van der Waals surface area contributed by atoms with Crippen LogP contribution in [0.2, 0.25) is 19.6 Å². The number of oxime groups is 1. The number of ketones is 2. The zero-order chi connectivity index (χ0) is 18.3. The molecule has 4 nitrogen and oxygen atoms in total. The van der Waals surface area contributed by atoms with Gasteiger partial charge in [-0.25, -0.2) is 0 Å². The van der Waals surface area contributed by atoms with Crippen LogP contribution in [-0.2, 0) is 9.32 Å². The van der Waals surface area contributed by atoms with E-state index in [-0.39, 0.29) is 24.4 Å². The summed E-state index contributed by atoms with van der Waals surface area (Å²) in [6.45, 7) is 6.08. The van der Waals surface area contributed by atoms with Gasteiger partial charge in [0.05, 0.1) is 18.6 Å². The fourth-order valence-corrected chi connectivity index (χ4v) is 2.55. The number of carbonyl (C=O) groups is 2. The Bertz CT molecular complexity index is 750. The summed E-state index contributed by atoms with van der Waals surface area (Å²) in [4.78, 5) is 24.6.